The Balaban J connectivity index is 1.63. The van der Waals surface area contributed by atoms with Crippen molar-refractivity contribution in [3.63, 3.8) is 0 Å². The highest BCUT2D eigenvalue weighted by atomic mass is 79.9. The number of pyridine rings is 1. The Bertz CT molecular complexity index is 769. The van der Waals surface area contributed by atoms with E-state index in [-0.39, 0.29) is 5.91 Å². The second-order valence-corrected chi connectivity index (χ2v) is 5.60. The molecule has 5 nitrogen and oxygen atoms in total. The van der Waals surface area contributed by atoms with Crippen LogP contribution in [0.5, 0.6) is 0 Å². The number of benzene rings is 1. The fraction of sp³-hybridized carbons (Fsp3) is 0.0625. The molecule has 0 fully saturated rings. The van der Waals surface area contributed by atoms with Crippen molar-refractivity contribution in [2.45, 2.75) is 6.54 Å². The van der Waals surface area contributed by atoms with Crippen molar-refractivity contribution >= 4 is 21.8 Å². The summed E-state index contributed by atoms with van der Waals surface area (Å²) in [7, 11) is 0. The number of hydrogen-bond acceptors (Lipinski definition) is 3. The zero-order valence-electron chi connectivity index (χ0n) is 11.6. The standard InChI is InChI=1S/C16H13BrN4O/c17-14-3-1-2-13(8-14)16(22)20-10-12-4-5-15(19-9-12)21-7-6-18-11-21/h1-9,11H,10H2,(H,20,22). The molecule has 0 bridgehead atoms. The summed E-state index contributed by atoms with van der Waals surface area (Å²) in [6, 6.07) is 11.1. The fourth-order valence-corrected chi connectivity index (χ4v) is 2.38. The van der Waals surface area contributed by atoms with Crippen LogP contribution in [0, 0.1) is 0 Å². The number of halogens is 1. The first-order valence-electron chi connectivity index (χ1n) is 6.69. The third kappa shape index (κ3) is 3.40. The first-order chi connectivity index (χ1) is 10.7. The third-order valence-electron chi connectivity index (χ3n) is 3.12. The summed E-state index contributed by atoms with van der Waals surface area (Å²) in [5.41, 5.74) is 1.56. The van der Waals surface area contributed by atoms with Gasteiger partial charge in [0.1, 0.15) is 12.1 Å². The smallest absolute Gasteiger partial charge is 0.251 e. The molecule has 0 aliphatic rings. The highest BCUT2D eigenvalue weighted by Gasteiger charge is 2.06. The highest BCUT2D eigenvalue weighted by molar-refractivity contribution is 9.10. The molecule has 0 spiro atoms. The average molecular weight is 357 g/mol. The lowest BCUT2D eigenvalue weighted by Gasteiger charge is -2.07. The number of carbonyl (C=O) groups is 1. The lowest BCUT2D eigenvalue weighted by atomic mass is 10.2. The maximum absolute atomic E-state index is 12.1. The highest BCUT2D eigenvalue weighted by Crippen LogP contribution is 2.12. The van der Waals surface area contributed by atoms with Crippen molar-refractivity contribution in [1.29, 1.82) is 0 Å². The van der Waals surface area contributed by atoms with E-state index in [4.69, 9.17) is 0 Å². The number of carbonyl (C=O) groups excluding carboxylic acids is 1. The van der Waals surface area contributed by atoms with Crippen LogP contribution in [0.3, 0.4) is 0 Å². The molecular formula is C16H13BrN4O. The third-order valence-corrected chi connectivity index (χ3v) is 3.61. The van der Waals surface area contributed by atoms with Crippen molar-refractivity contribution in [3.05, 3.63) is 76.9 Å². The first kappa shape index (κ1) is 14.5. The summed E-state index contributed by atoms with van der Waals surface area (Å²) in [5, 5.41) is 2.88. The number of imidazole rings is 1. The second kappa shape index (κ2) is 6.53. The molecule has 2 heterocycles. The van der Waals surface area contributed by atoms with Crippen LogP contribution in [0.25, 0.3) is 5.82 Å². The van der Waals surface area contributed by atoms with Crippen LogP contribution in [0.2, 0.25) is 0 Å². The molecule has 2 aromatic heterocycles. The fourth-order valence-electron chi connectivity index (χ4n) is 1.98. The average Bonchev–Trinajstić information content (AvgIpc) is 3.07. The molecule has 0 atom stereocenters. The van der Waals surface area contributed by atoms with Gasteiger partial charge in [-0.25, -0.2) is 9.97 Å². The van der Waals surface area contributed by atoms with Gasteiger partial charge in [-0.3, -0.25) is 9.36 Å². The van der Waals surface area contributed by atoms with Crippen LogP contribution in [0.1, 0.15) is 15.9 Å². The van der Waals surface area contributed by atoms with E-state index in [1.54, 1.807) is 30.9 Å². The summed E-state index contributed by atoms with van der Waals surface area (Å²) < 4.78 is 2.70. The monoisotopic (exact) mass is 356 g/mol. The van der Waals surface area contributed by atoms with E-state index in [1.165, 1.54) is 0 Å². The summed E-state index contributed by atoms with van der Waals surface area (Å²) in [6.07, 6.45) is 6.97. The normalized spacial score (nSPS) is 10.4. The van der Waals surface area contributed by atoms with Crippen LogP contribution >= 0.6 is 15.9 Å². The molecule has 0 aliphatic heterocycles. The molecular weight excluding hydrogens is 344 g/mol. The maximum Gasteiger partial charge on any atom is 0.251 e. The van der Waals surface area contributed by atoms with E-state index >= 15 is 0 Å². The Hall–Kier alpha value is -2.47. The molecule has 0 unspecified atom stereocenters. The Labute approximate surface area is 136 Å². The van der Waals surface area contributed by atoms with Crippen LogP contribution in [-0.4, -0.2) is 20.4 Å². The molecule has 3 rings (SSSR count). The van der Waals surface area contributed by atoms with Crippen molar-refractivity contribution in [3.8, 4) is 5.82 Å². The Kier molecular flexibility index (Phi) is 4.29. The van der Waals surface area contributed by atoms with Gasteiger partial charge in [0.2, 0.25) is 0 Å². The minimum Gasteiger partial charge on any atom is -0.348 e. The summed E-state index contributed by atoms with van der Waals surface area (Å²) >= 11 is 3.36. The molecule has 0 radical (unpaired) electrons. The number of nitrogens with zero attached hydrogens (tertiary/aromatic N) is 3. The molecule has 1 amide bonds. The topological polar surface area (TPSA) is 59.8 Å². The Morgan fingerprint density at radius 2 is 2.18 bits per heavy atom. The van der Waals surface area contributed by atoms with E-state index in [0.717, 1.165) is 15.9 Å². The lowest BCUT2D eigenvalue weighted by molar-refractivity contribution is 0.0951. The number of amides is 1. The Morgan fingerprint density at radius 3 is 2.86 bits per heavy atom. The van der Waals surface area contributed by atoms with Gasteiger partial charge < -0.3 is 5.32 Å². The quantitative estimate of drug-likeness (QED) is 0.781. The molecule has 0 saturated heterocycles. The molecule has 110 valence electrons. The van der Waals surface area contributed by atoms with Gasteiger partial charge in [0, 0.05) is 35.2 Å². The first-order valence-corrected chi connectivity index (χ1v) is 7.49. The van der Waals surface area contributed by atoms with E-state index in [1.807, 2.05) is 35.0 Å². The van der Waals surface area contributed by atoms with Crippen LogP contribution < -0.4 is 5.32 Å². The summed E-state index contributed by atoms with van der Waals surface area (Å²) in [5.74, 6) is 0.680. The molecule has 3 aromatic rings. The zero-order valence-corrected chi connectivity index (χ0v) is 13.2. The van der Waals surface area contributed by atoms with Crippen LogP contribution in [-0.2, 0) is 6.54 Å². The SMILES string of the molecule is O=C(NCc1ccc(-n2ccnc2)nc1)c1cccc(Br)c1. The summed E-state index contributed by atoms with van der Waals surface area (Å²) in [6.45, 7) is 0.433. The van der Waals surface area contributed by atoms with Gasteiger partial charge in [-0.2, -0.15) is 0 Å². The largest absolute Gasteiger partial charge is 0.348 e. The molecule has 0 aliphatic carbocycles. The van der Waals surface area contributed by atoms with Crippen molar-refractivity contribution in [1.82, 2.24) is 19.9 Å². The molecule has 1 aromatic carbocycles. The predicted octanol–water partition coefficient (Wildman–Crippen LogP) is 2.96. The van der Waals surface area contributed by atoms with E-state index in [2.05, 4.69) is 31.2 Å². The predicted molar refractivity (Wildman–Crippen MR) is 86.7 cm³/mol. The van der Waals surface area contributed by atoms with E-state index < -0.39 is 0 Å². The van der Waals surface area contributed by atoms with Gasteiger partial charge in [0.25, 0.3) is 5.91 Å². The molecule has 1 N–H and O–H groups in total. The molecule has 22 heavy (non-hydrogen) atoms. The van der Waals surface area contributed by atoms with Crippen LogP contribution in [0.15, 0.2) is 65.8 Å². The van der Waals surface area contributed by atoms with Gasteiger partial charge in [0.15, 0.2) is 0 Å². The van der Waals surface area contributed by atoms with Gasteiger partial charge >= 0.3 is 0 Å². The van der Waals surface area contributed by atoms with E-state index in [0.29, 0.717) is 12.1 Å². The van der Waals surface area contributed by atoms with E-state index in [9.17, 15) is 4.79 Å². The number of rotatable bonds is 4. The van der Waals surface area contributed by atoms with Gasteiger partial charge in [-0.15, -0.1) is 0 Å². The Morgan fingerprint density at radius 1 is 1.27 bits per heavy atom. The number of aromatic nitrogens is 3. The van der Waals surface area contributed by atoms with Crippen molar-refractivity contribution in [2.24, 2.45) is 0 Å². The summed E-state index contributed by atoms with van der Waals surface area (Å²) in [4.78, 5) is 20.4. The van der Waals surface area contributed by atoms with Gasteiger partial charge in [-0.05, 0) is 29.8 Å². The number of nitrogens with one attached hydrogen (secondary N) is 1. The molecule has 0 saturated carbocycles. The lowest BCUT2D eigenvalue weighted by Crippen LogP contribution is -2.22. The minimum atomic E-state index is -0.111. The number of hydrogen-bond donors (Lipinski definition) is 1. The van der Waals surface area contributed by atoms with Crippen molar-refractivity contribution in [2.75, 3.05) is 0 Å². The minimum absolute atomic E-state index is 0.111. The molecule has 6 heteroatoms. The van der Waals surface area contributed by atoms with Gasteiger partial charge in [-0.1, -0.05) is 28.1 Å². The zero-order chi connectivity index (χ0) is 15.4. The van der Waals surface area contributed by atoms with Crippen molar-refractivity contribution < 1.29 is 4.79 Å². The maximum atomic E-state index is 12.1. The van der Waals surface area contributed by atoms with Gasteiger partial charge in [0.05, 0.1) is 0 Å². The van der Waals surface area contributed by atoms with Crippen LogP contribution in [0.4, 0.5) is 0 Å². The second-order valence-electron chi connectivity index (χ2n) is 4.69.